The van der Waals surface area contributed by atoms with E-state index in [2.05, 4.69) is 257 Å². The number of benzene rings is 10. The summed E-state index contributed by atoms with van der Waals surface area (Å²) in [5, 5.41) is 7.40. The number of para-hydroxylation sites is 4. The van der Waals surface area contributed by atoms with E-state index >= 15 is 0 Å². The van der Waals surface area contributed by atoms with E-state index in [0.29, 0.717) is 5.82 Å². The van der Waals surface area contributed by atoms with Gasteiger partial charge in [-0.15, -0.1) is 0 Å². The predicted octanol–water partition coefficient (Wildman–Crippen LogP) is 16.7. The Morgan fingerprint density at radius 2 is 0.600 bits per heavy atom. The van der Waals surface area contributed by atoms with Crippen LogP contribution in [0.25, 0.3) is 128 Å². The molecule has 0 saturated heterocycles. The van der Waals surface area contributed by atoms with Crippen molar-refractivity contribution >= 4 is 65.4 Å². The summed E-state index contributed by atoms with van der Waals surface area (Å²) < 4.78 is 7.26. The highest BCUT2D eigenvalue weighted by molar-refractivity contribution is 6.14. The molecule has 70 heavy (non-hydrogen) atoms. The van der Waals surface area contributed by atoms with Crippen LogP contribution >= 0.6 is 0 Å². The van der Waals surface area contributed by atoms with Crippen LogP contribution in [0.3, 0.4) is 0 Å². The zero-order chi connectivity index (χ0) is 46.3. The smallest absolute Gasteiger partial charge is 0.160 e. The molecule has 328 valence electrons. The summed E-state index contributed by atoms with van der Waals surface area (Å²) in [5.74, 6) is 0.715. The van der Waals surface area contributed by atoms with Crippen molar-refractivity contribution < 1.29 is 0 Å². The Bertz CT molecular complexity index is 4050. The van der Waals surface area contributed by atoms with Crippen molar-refractivity contribution in [3.63, 3.8) is 0 Å². The molecule has 10 aromatic carbocycles. The second-order valence-corrected chi connectivity index (χ2v) is 18.3. The monoisotopic (exact) mass is 893 g/mol. The molecule has 0 N–H and O–H groups in total. The topological polar surface area (TPSA) is 40.6 Å². The zero-order valence-electron chi connectivity index (χ0n) is 38.3. The normalized spacial score (nSPS) is 11.8. The second-order valence-electron chi connectivity index (χ2n) is 18.3. The average Bonchev–Trinajstić information content (AvgIpc) is 4.06. The van der Waals surface area contributed by atoms with Crippen LogP contribution < -0.4 is 0 Å². The number of fused-ring (bicyclic) bond motifs is 9. The number of rotatable bonds is 7. The first-order valence-electron chi connectivity index (χ1n) is 23.9. The second kappa shape index (κ2) is 15.9. The maximum atomic E-state index is 5.10. The van der Waals surface area contributed by atoms with Crippen molar-refractivity contribution in [2.75, 3.05) is 0 Å². The van der Waals surface area contributed by atoms with E-state index < -0.39 is 0 Å². The van der Waals surface area contributed by atoms with Crippen molar-refractivity contribution in [2.24, 2.45) is 0 Å². The molecule has 0 aliphatic carbocycles. The largest absolute Gasteiger partial charge is 0.309 e. The zero-order valence-corrected chi connectivity index (χ0v) is 38.3. The molecule has 4 aromatic heterocycles. The van der Waals surface area contributed by atoms with Gasteiger partial charge in [0.15, 0.2) is 5.82 Å². The number of aryl methyl sites for hydroxylation is 1. The van der Waals surface area contributed by atoms with Gasteiger partial charge in [0.05, 0.1) is 44.5 Å². The molecular formula is C65H43N5. The van der Waals surface area contributed by atoms with Crippen LogP contribution in [0.5, 0.6) is 0 Å². The third-order valence-corrected chi connectivity index (χ3v) is 14.2. The van der Waals surface area contributed by atoms with Gasteiger partial charge in [-0.3, -0.25) is 0 Å². The van der Waals surface area contributed by atoms with E-state index in [1.54, 1.807) is 0 Å². The van der Waals surface area contributed by atoms with E-state index in [1.165, 1.54) is 59.9 Å². The molecule has 5 nitrogen and oxygen atoms in total. The molecule has 0 spiro atoms. The van der Waals surface area contributed by atoms with Crippen molar-refractivity contribution in [3.8, 4) is 62.1 Å². The molecule has 0 unspecified atom stereocenters. The summed E-state index contributed by atoms with van der Waals surface area (Å²) in [5.41, 5.74) is 18.8. The van der Waals surface area contributed by atoms with Crippen LogP contribution in [0.15, 0.2) is 243 Å². The molecule has 5 heteroatoms. The van der Waals surface area contributed by atoms with Gasteiger partial charge in [-0.25, -0.2) is 9.97 Å². The van der Waals surface area contributed by atoms with E-state index in [4.69, 9.17) is 9.97 Å². The quantitative estimate of drug-likeness (QED) is 0.160. The Kier molecular flexibility index (Phi) is 9.04. The van der Waals surface area contributed by atoms with Crippen molar-refractivity contribution in [1.29, 1.82) is 0 Å². The number of nitrogens with zero attached hydrogens (tertiary/aromatic N) is 5. The molecule has 0 aliphatic heterocycles. The van der Waals surface area contributed by atoms with Crippen LogP contribution in [0.1, 0.15) is 5.56 Å². The minimum Gasteiger partial charge on any atom is -0.309 e. The third kappa shape index (κ3) is 6.40. The Labute approximate surface area is 404 Å². The van der Waals surface area contributed by atoms with Crippen LogP contribution in [-0.2, 0) is 0 Å². The molecule has 0 bridgehead atoms. The predicted molar refractivity (Wildman–Crippen MR) is 292 cm³/mol. The van der Waals surface area contributed by atoms with Gasteiger partial charge in [-0.1, -0.05) is 169 Å². The maximum Gasteiger partial charge on any atom is 0.160 e. The van der Waals surface area contributed by atoms with Gasteiger partial charge in [-0.2, -0.15) is 0 Å². The van der Waals surface area contributed by atoms with E-state index in [-0.39, 0.29) is 0 Å². The lowest BCUT2D eigenvalue weighted by molar-refractivity contribution is 1.16. The molecular weight excluding hydrogens is 851 g/mol. The minimum absolute atomic E-state index is 0.715. The summed E-state index contributed by atoms with van der Waals surface area (Å²) in [7, 11) is 0. The Balaban J connectivity index is 0.887. The highest BCUT2D eigenvalue weighted by atomic mass is 15.0. The van der Waals surface area contributed by atoms with E-state index in [9.17, 15) is 0 Å². The minimum atomic E-state index is 0.715. The van der Waals surface area contributed by atoms with Crippen LogP contribution in [0.4, 0.5) is 0 Å². The number of hydrogen-bond acceptors (Lipinski definition) is 2. The molecule has 0 saturated carbocycles. The average molecular weight is 894 g/mol. The fourth-order valence-corrected chi connectivity index (χ4v) is 10.8. The summed E-state index contributed by atoms with van der Waals surface area (Å²) in [4.78, 5) is 10.1. The lowest BCUT2D eigenvalue weighted by Gasteiger charge is -2.12. The fourth-order valence-electron chi connectivity index (χ4n) is 10.8. The fraction of sp³-hybridized carbons (Fsp3) is 0.0154. The highest BCUT2D eigenvalue weighted by Crippen LogP contribution is 2.40. The molecule has 14 aromatic rings. The molecule has 14 rings (SSSR count). The van der Waals surface area contributed by atoms with E-state index in [0.717, 1.165) is 67.3 Å². The van der Waals surface area contributed by atoms with Gasteiger partial charge >= 0.3 is 0 Å². The lowest BCUT2D eigenvalue weighted by Crippen LogP contribution is -1.96. The molecule has 0 atom stereocenters. The van der Waals surface area contributed by atoms with Crippen molar-refractivity contribution in [2.45, 2.75) is 6.92 Å². The van der Waals surface area contributed by atoms with Crippen LogP contribution in [-0.4, -0.2) is 23.7 Å². The standard InChI is InChI=1S/C65H43N5/c1-42-23-25-47(26-24-42)65-66-57(45-13-3-2-4-14-45)41-58(67-65)46-29-27-43(28-30-46)44-31-33-48(34-32-44)68-63-37-35-49(69-59-19-9-5-15-51(59)52-16-6-10-20-60(52)69)39-55(63)56-40-50(36-38-64(56)68)70-61-21-11-7-17-53(61)54-18-8-12-22-62(54)70/h2-41H,1H3. The first kappa shape index (κ1) is 39.8. The third-order valence-electron chi connectivity index (χ3n) is 14.2. The number of aromatic nitrogens is 5. The molecule has 0 fully saturated rings. The Hall–Kier alpha value is -9.32. The summed E-state index contributed by atoms with van der Waals surface area (Å²) >= 11 is 0. The summed E-state index contributed by atoms with van der Waals surface area (Å²) in [6.07, 6.45) is 0. The van der Waals surface area contributed by atoms with Gasteiger partial charge in [0, 0.05) is 66.1 Å². The first-order valence-corrected chi connectivity index (χ1v) is 23.9. The summed E-state index contributed by atoms with van der Waals surface area (Å²) in [6.45, 7) is 2.10. The first-order chi connectivity index (χ1) is 34.6. The molecule has 0 radical (unpaired) electrons. The van der Waals surface area contributed by atoms with E-state index in [1.807, 2.05) is 6.07 Å². The van der Waals surface area contributed by atoms with Gasteiger partial charge in [-0.05, 0) is 96.9 Å². The molecule has 0 aliphatic rings. The highest BCUT2D eigenvalue weighted by Gasteiger charge is 2.19. The Morgan fingerprint density at radius 3 is 1.07 bits per heavy atom. The lowest BCUT2D eigenvalue weighted by atomic mass is 10.0. The summed E-state index contributed by atoms with van der Waals surface area (Å²) in [6, 6.07) is 87.6. The van der Waals surface area contributed by atoms with Crippen LogP contribution in [0, 0.1) is 6.92 Å². The van der Waals surface area contributed by atoms with Gasteiger partial charge in [0.1, 0.15) is 0 Å². The van der Waals surface area contributed by atoms with Gasteiger partial charge in [0.25, 0.3) is 0 Å². The molecule has 4 heterocycles. The van der Waals surface area contributed by atoms with Crippen molar-refractivity contribution in [1.82, 2.24) is 23.7 Å². The van der Waals surface area contributed by atoms with Gasteiger partial charge in [0.2, 0.25) is 0 Å². The molecule has 0 amide bonds. The number of hydrogen-bond donors (Lipinski definition) is 0. The maximum absolute atomic E-state index is 5.10. The Morgan fingerprint density at radius 1 is 0.257 bits per heavy atom. The SMILES string of the molecule is Cc1ccc(-c2nc(-c3ccccc3)cc(-c3ccc(-c4ccc(-n5c6ccc(-n7c8ccccc8c8ccccc87)cc6c6cc(-n7c8ccccc8c8ccccc87)ccc65)cc4)cc3)n2)cc1. The van der Waals surface area contributed by atoms with Crippen LogP contribution in [0.2, 0.25) is 0 Å². The van der Waals surface area contributed by atoms with Crippen molar-refractivity contribution in [3.05, 3.63) is 248 Å². The van der Waals surface area contributed by atoms with Gasteiger partial charge < -0.3 is 13.7 Å².